The molecule has 0 bridgehead atoms. The van der Waals surface area contributed by atoms with Gasteiger partial charge in [-0.3, -0.25) is 5.41 Å². The third kappa shape index (κ3) is 3.27. The Hall–Kier alpha value is -1.95. The third-order valence-corrected chi connectivity index (χ3v) is 4.29. The highest BCUT2D eigenvalue weighted by Crippen LogP contribution is 2.20. The number of nitrogens with one attached hydrogen (secondary N) is 2. The highest BCUT2D eigenvalue weighted by Gasteiger charge is 2.14. The van der Waals surface area contributed by atoms with Crippen LogP contribution in [0.15, 0.2) is 18.3 Å². The molecule has 0 amide bonds. The lowest BCUT2D eigenvalue weighted by atomic mass is 9.96. The first-order chi connectivity index (χ1) is 10.8. The molecule has 0 saturated heterocycles. The van der Waals surface area contributed by atoms with Crippen molar-refractivity contribution in [2.45, 2.75) is 51.1 Å². The fourth-order valence-electron chi connectivity index (χ4n) is 3.06. The number of fused-ring (bicyclic) bond motifs is 1. The zero-order valence-electron chi connectivity index (χ0n) is 12.9. The van der Waals surface area contributed by atoms with E-state index in [1.54, 1.807) is 6.07 Å². The van der Waals surface area contributed by atoms with E-state index < -0.39 is 0 Å². The Balaban J connectivity index is 1.90. The van der Waals surface area contributed by atoms with Gasteiger partial charge in [-0.1, -0.05) is 19.3 Å². The summed E-state index contributed by atoms with van der Waals surface area (Å²) in [6.45, 7) is 1.33. The zero-order valence-corrected chi connectivity index (χ0v) is 12.9. The van der Waals surface area contributed by atoms with Gasteiger partial charge >= 0.3 is 0 Å². The van der Waals surface area contributed by atoms with E-state index >= 15 is 0 Å². The van der Waals surface area contributed by atoms with Crippen LogP contribution in [-0.2, 0) is 6.54 Å². The van der Waals surface area contributed by atoms with Crippen molar-refractivity contribution in [2.24, 2.45) is 5.73 Å². The van der Waals surface area contributed by atoms with Gasteiger partial charge in [-0.2, -0.15) is 4.98 Å². The van der Waals surface area contributed by atoms with E-state index in [-0.39, 0.29) is 0 Å². The predicted molar refractivity (Wildman–Crippen MR) is 87.5 cm³/mol. The van der Waals surface area contributed by atoms with Gasteiger partial charge < -0.3 is 15.6 Å². The van der Waals surface area contributed by atoms with Crippen LogP contribution in [0.4, 0.5) is 5.95 Å². The number of nitrogens with zero attached hydrogens (tertiary/aromatic N) is 3. The molecule has 6 heteroatoms. The molecule has 0 spiro atoms. The minimum absolute atomic E-state index is 0.461. The maximum Gasteiger partial charge on any atom is 0.224 e. The van der Waals surface area contributed by atoms with E-state index in [2.05, 4.69) is 15.3 Å². The average molecular weight is 300 g/mol. The quantitative estimate of drug-likeness (QED) is 0.787. The molecule has 0 unspecified atom stereocenters. The monoisotopic (exact) mass is 300 g/mol. The van der Waals surface area contributed by atoms with Gasteiger partial charge in [0.1, 0.15) is 11.1 Å². The van der Waals surface area contributed by atoms with E-state index in [0.29, 0.717) is 30.6 Å². The molecule has 118 valence electrons. The Bertz CT molecular complexity index is 687. The first-order valence-electron chi connectivity index (χ1n) is 8.16. The van der Waals surface area contributed by atoms with Crippen molar-refractivity contribution in [2.75, 3.05) is 11.9 Å². The van der Waals surface area contributed by atoms with Crippen LogP contribution in [0.1, 0.15) is 38.5 Å². The third-order valence-electron chi connectivity index (χ3n) is 4.29. The van der Waals surface area contributed by atoms with Crippen LogP contribution in [-0.4, -0.2) is 27.1 Å². The van der Waals surface area contributed by atoms with E-state index in [1.165, 1.54) is 32.1 Å². The summed E-state index contributed by atoms with van der Waals surface area (Å²) in [5.74, 6) is 0.673. The molecule has 2 aromatic rings. The molecule has 4 N–H and O–H groups in total. The number of pyridine rings is 1. The van der Waals surface area contributed by atoms with Gasteiger partial charge in [-0.05, 0) is 37.9 Å². The predicted octanol–water partition coefficient (Wildman–Crippen LogP) is 2.00. The van der Waals surface area contributed by atoms with E-state index in [4.69, 9.17) is 11.1 Å². The summed E-state index contributed by atoms with van der Waals surface area (Å²) in [4.78, 5) is 9.09. The topological polar surface area (TPSA) is 92.6 Å². The molecule has 0 aromatic carbocycles. The van der Waals surface area contributed by atoms with Gasteiger partial charge in [-0.25, -0.2) is 4.98 Å². The lowest BCUT2D eigenvalue weighted by Gasteiger charge is -2.22. The normalized spacial score (nSPS) is 16.0. The van der Waals surface area contributed by atoms with Gasteiger partial charge in [0.15, 0.2) is 0 Å². The van der Waals surface area contributed by atoms with Crippen LogP contribution in [0.2, 0.25) is 0 Å². The summed E-state index contributed by atoms with van der Waals surface area (Å²) in [7, 11) is 0. The maximum atomic E-state index is 8.10. The molecule has 2 aromatic heterocycles. The highest BCUT2D eigenvalue weighted by atomic mass is 15.2. The number of anilines is 1. The maximum absolute atomic E-state index is 8.10. The fraction of sp³-hybridized carbons (Fsp3) is 0.562. The first-order valence-corrected chi connectivity index (χ1v) is 8.16. The second kappa shape index (κ2) is 6.87. The van der Waals surface area contributed by atoms with Crippen molar-refractivity contribution < 1.29 is 0 Å². The van der Waals surface area contributed by atoms with Crippen molar-refractivity contribution in [1.82, 2.24) is 14.5 Å². The molecule has 22 heavy (non-hydrogen) atoms. The van der Waals surface area contributed by atoms with Gasteiger partial charge in [0.05, 0.1) is 0 Å². The van der Waals surface area contributed by atoms with E-state index in [1.807, 2.05) is 16.8 Å². The van der Waals surface area contributed by atoms with Crippen LogP contribution < -0.4 is 16.5 Å². The first kappa shape index (κ1) is 15.0. The Morgan fingerprint density at radius 1 is 1.27 bits per heavy atom. The van der Waals surface area contributed by atoms with Crippen molar-refractivity contribution >= 4 is 17.0 Å². The number of nitrogens with two attached hydrogens (primary N) is 1. The van der Waals surface area contributed by atoms with Crippen LogP contribution >= 0.6 is 0 Å². The average Bonchev–Trinajstić information content (AvgIpc) is 2.55. The van der Waals surface area contributed by atoms with Gasteiger partial charge in [0.25, 0.3) is 0 Å². The molecular formula is C16H24N6. The molecule has 6 nitrogen and oxygen atoms in total. The molecule has 0 aliphatic heterocycles. The molecule has 3 rings (SSSR count). The van der Waals surface area contributed by atoms with E-state index in [0.717, 1.165) is 17.5 Å². The van der Waals surface area contributed by atoms with Crippen LogP contribution in [0.3, 0.4) is 0 Å². The number of hydrogen-bond donors (Lipinski definition) is 3. The van der Waals surface area contributed by atoms with E-state index in [9.17, 15) is 0 Å². The minimum atomic E-state index is 0.461. The Morgan fingerprint density at radius 2 is 2.09 bits per heavy atom. The van der Waals surface area contributed by atoms with Crippen molar-refractivity contribution in [3.8, 4) is 0 Å². The second-order valence-corrected chi connectivity index (χ2v) is 5.96. The summed E-state index contributed by atoms with van der Waals surface area (Å²) in [5, 5.41) is 12.5. The molecule has 0 radical (unpaired) electrons. The smallest absolute Gasteiger partial charge is 0.224 e. The highest BCUT2D eigenvalue weighted by molar-refractivity contribution is 5.74. The Morgan fingerprint density at radius 3 is 2.86 bits per heavy atom. The van der Waals surface area contributed by atoms with Crippen LogP contribution in [0, 0.1) is 5.41 Å². The van der Waals surface area contributed by atoms with Crippen molar-refractivity contribution in [3.05, 3.63) is 23.8 Å². The number of rotatable bonds is 5. The zero-order chi connectivity index (χ0) is 15.4. The molecule has 0 atom stereocenters. The summed E-state index contributed by atoms with van der Waals surface area (Å²) < 4.78 is 1.91. The van der Waals surface area contributed by atoms with Gasteiger partial charge in [0, 0.05) is 24.2 Å². The summed E-state index contributed by atoms with van der Waals surface area (Å²) >= 11 is 0. The number of aryl methyl sites for hydroxylation is 1. The second-order valence-electron chi connectivity index (χ2n) is 5.96. The molecule has 1 aliphatic rings. The molecule has 1 aliphatic carbocycles. The Labute approximate surface area is 130 Å². The van der Waals surface area contributed by atoms with Crippen molar-refractivity contribution in [3.63, 3.8) is 0 Å². The molecule has 1 fully saturated rings. The Kier molecular flexibility index (Phi) is 4.68. The minimum Gasteiger partial charge on any atom is -0.351 e. The lowest BCUT2D eigenvalue weighted by Crippen LogP contribution is -2.25. The van der Waals surface area contributed by atoms with Crippen molar-refractivity contribution in [1.29, 1.82) is 5.41 Å². The molecule has 2 heterocycles. The summed E-state index contributed by atoms with van der Waals surface area (Å²) in [5.41, 5.74) is 6.88. The van der Waals surface area contributed by atoms with Gasteiger partial charge in [0.2, 0.25) is 5.95 Å². The molecular weight excluding hydrogens is 276 g/mol. The lowest BCUT2D eigenvalue weighted by molar-refractivity contribution is 0.461. The van der Waals surface area contributed by atoms with Gasteiger partial charge in [-0.15, -0.1) is 0 Å². The van der Waals surface area contributed by atoms with Crippen LogP contribution in [0.25, 0.3) is 11.0 Å². The molecule has 1 saturated carbocycles. The largest absolute Gasteiger partial charge is 0.351 e. The fourth-order valence-corrected chi connectivity index (χ4v) is 3.06. The number of hydrogen-bond acceptors (Lipinski definition) is 5. The summed E-state index contributed by atoms with van der Waals surface area (Å²) in [6.07, 6.45) is 8.94. The van der Waals surface area contributed by atoms with Crippen LogP contribution in [0.5, 0.6) is 0 Å². The SMILES string of the molecule is N=c1ccc2cnc(NC3CCCCC3)nc2n1CCCN. The standard InChI is InChI=1S/C16H24N6/c17-9-4-10-22-14(18)8-7-12-11-19-16(21-15(12)22)20-13-5-2-1-3-6-13/h7-8,11,13,18H,1-6,9-10,17H2,(H,19,20,21). The number of aromatic nitrogens is 3. The summed E-state index contributed by atoms with van der Waals surface area (Å²) in [6, 6.07) is 4.17.